The molecule has 0 spiro atoms. The fraction of sp³-hybridized carbons (Fsp3) is 0.444. The van der Waals surface area contributed by atoms with E-state index < -0.39 is 90.6 Å². The average molecular weight is 819 g/mol. The lowest BCUT2D eigenvalue weighted by molar-refractivity contribution is -0.424. The van der Waals surface area contributed by atoms with Crippen molar-refractivity contribution in [3.05, 3.63) is 108 Å². The van der Waals surface area contributed by atoms with Gasteiger partial charge in [-0.3, -0.25) is 0 Å². The topological polar surface area (TPSA) is 89.5 Å². The Morgan fingerprint density at radius 2 is 0.764 bits per heavy atom. The fourth-order valence-electron chi connectivity index (χ4n) is 6.51. The molecule has 8 nitrogen and oxygen atoms in total. The second-order valence-electron chi connectivity index (χ2n) is 12.3. The lowest BCUT2D eigenvalue weighted by Gasteiger charge is -2.56. The van der Waals surface area contributed by atoms with Crippen LogP contribution in [0, 0.1) is 0 Å². The maximum Gasteiger partial charge on any atom is 0.335 e. The maximum atomic E-state index is 18.4. The van der Waals surface area contributed by atoms with Crippen LogP contribution in [0.4, 0.5) is 43.9 Å². The van der Waals surface area contributed by atoms with E-state index in [-0.39, 0.29) is 51.7 Å². The third kappa shape index (κ3) is 5.51. The number of hydrogen-bond acceptors (Lipinski definition) is 8. The van der Waals surface area contributed by atoms with E-state index in [4.69, 9.17) is 0 Å². The van der Waals surface area contributed by atoms with E-state index >= 15 is 43.9 Å². The van der Waals surface area contributed by atoms with Crippen molar-refractivity contribution in [3.8, 4) is 0 Å². The highest BCUT2D eigenvalue weighted by Crippen LogP contribution is 2.66. The summed E-state index contributed by atoms with van der Waals surface area (Å²) in [5, 5.41) is -11.3. The molecular formula is C36H36F10O8S. The summed E-state index contributed by atoms with van der Waals surface area (Å²) >= 11 is 0. The molecule has 0 aromatic heterocycles. The molecule has 0 N–H and O–H groups in total. The highest BCUT2D eigenvalue weighted by molar-refractivity contribution is 7.94. The van der Waals surface area contributed by atoms with Gasteiger partial charge >= 0.3 is 23.4 Å². The minimum Gasteiger partial charge on any atom is -0.342 e. The molecule has 10 unspecified atom stereocenters. The summed E-state index contributed by atoms with van der Waals surface area (Å²) in [5.41, 5.74) is -11.4. The van der Waals surface area contributed by atoms with E-state index in [1.165, 1.54) is 36.4 Å². The minimum absolute atomic E-state index is 0.0997. The van der Waals surface area contributed by atoms with Crippen LogP contribution in [0.5, 0.6) is 0 Å². The van der Waals surface area contributed by atoms with Crippen molar-refractivity contribution in [3.63, 3.8) is 0 Å². The number of ether oxygens (including phenoxy) is 6. The summed E-state index contributed by atoms with van der Waals surface area (Å²) < 4.78 is 228. The molecule has 0 aliphatic heterocycles. The van der Waals surface area contributed by atoms with Crippen molar-refractivity contribution in [1.29, 1.82) is 0 Å². The Labute approximate surface area is 309 Å². The van der Waals surface area contributed by atoms with Crippen LogP contribution >= 0.6 is 0 Å². The van der Waals surface area contributed by atoms with Crippen molar-refractivity contribution in [2.24, 2.45) is 0 Å². The number of halogens is 10. The molecule has 2 aliphatic carbocycles. The Kier molecular flexibility index (Phi) is 11.6. The van der Waals surface area contributed by atoms with E-state index in [1.54, 1.807) is 0 Å². The van der Waals surface area contributed by atoms with Gasteiger partial charge in [-0.05, 0) is 47.6 Å². The zero-order valence-electron chi connectivity index (χ0n) is 29.8. The first kappa shape index (κ1) is 44.1. The first-order valence-electron chi connectivity index (χ1n) is 15.8. The Hall–Kier alpha value is -3.59. The molecule has 304 valence electrons. The summed E-state index contributed by atoms with van der Waals surface area (Å²) in [6.07, 6.45) is -2.08. The maximum absolute atomic E-state index is 18.4. The van der Waals surface area contributed by atoms with Crippen molar-refractivity contribution >= 4 is 22.0 Å². The third-order valence-corrected chi connectivity index (χ3v) is 12.2. The summed E-state index contributed by atoms with van der Waals surface area (Å²) in [6.45, 7) is 0. The van der Waals surface area contributed by atoms with Gasteiger partial charge in [-0.1, -0.05) is 72.8 Å². The zero-order valence-corrected chi connectivity index (χ0v) is 30.7. The molecule has 0 saturated heterocycles. The molecule has 4 rings (SSSR count). The standard InChI is InChI=1S/C36H36F10O8S/c1-49-29(39)23-21-27(37,33(43,51-3)35(29,45)53-5)31(41,19-17-25-13-9-7-10-14-25)55(47,48)32(42,20-18-26-15-11-8-12-16-26)28(38)22-24-30(40,50-2)36(46,54-6)34(28,44)52-4/h7-24H,1-6H3/b19-17-,20-18-. The van der Waals surface area contributed by atoms with E-state index in [1.807, 2.05) is 0 Å². The van der Waals surface area contributed by atoms with Crippen LogP contribution in [0.25, 0.3) is 12.2 Å². The van der Waals surface area contributed by atoms with Crippen molar-refractivity contribution < 1.29 is 80.7 Å². The van der Waals surface area contributed by atoms with Crippen LogP contribution in [0.1, 0.15) is 11.1 Å². The molecule has 10 atom stereocenters. The lowest BCUT2D eigenvalue weighted by Crippen LogP contribution is -2.81. The first-order chi connectivity index (χ1) is 25.4. The third-order valence-electron chi connectivity index (χ3n) is 9.77. The van der Waals surface area contributed by atoms with Gasteiger partial charge in [0, 0.05) is 42.7 Å². The van der Waals surface area contributed by atoms with Gasteiger partial charge in [0.2, 0.25) is 21.2 Å². The summed E-state index contributed by atoms with van der Waals surface area (Å²) in [6, 6.07) is 12.4. The van der Waals surface area contributed by atoms with Gasteiger partial charge in [0.05, 0.1) is 0 Å². The molecule has 0 amide bonds. The number of sulfone groups is 1. The van der Waals surface area contributed by atoms with Gasteiger partial charge in [0.15, 0.2) is 0 Å². The second kappa shape index (κ2) is 14.4. The van der Waals surface area contributed by atoms with Gasteiger partial charge < -0.3 is 28.4 Å². The van der Waals surface area contributed by atoms with Gasteiger partial charge in [-0.2, -0.15) is 8.78 Å². The first-order valence-corrected chi connectivity index (χ1v) is 17.3. The predicted molar refractivity (Wildman–Crippen MR) is 179 cm³/mol. The molecule has 2 aromatic carbocycles. The molecule has 2 aromatic rings. The SMILES string of the molecule is COC1(F)C=CC(F)(C(F)(/C=C\c2ccccc2)S(=O)(=O)C(F)(/C=C\c2ccccc2)C2(F)C=CC(F)(OC)C(F)(OC)C2(F)OC)C(F)(OC)C1(F)OC. The number of rotatable bonds is 14. The summed E-state index contributed by atoms with van der Waals surface area (Å²) in [7, 11) is -6.22. The zero-order chi connectivity index (χ0) is 41.6. The second-order valence-corrected chi connectivity index (χ2v) is 14.5. The van der Waals surface area contributed by atoms with Crippen molar-refractivity contribution in [1.82, 2.24) is 0 Å². The van der Waals surface area contributed by atoms with E-state index in [9.17, 15) is 8.42 Å². The number of methoxy groups -OCH3 is 6. The van der Waals surface area contributed by atoms with Crippen LogP contribution < -0.4 is 0 Å². The van der Waals surface area contributed by atoms with Crippen molar-refractivity contribution in [2.75, 3.05) is 42.7 Å². The van der Waals surface area contributed by atoms with Crippen molar-refractivity contribution in [2.45, 2.75) is 56.5 Å². The molecule has 0 radical (unpaired) electrons. The van der Waals surface area contributed by atoms with Gasteiger partial charge in [0.1, 0.15) is 0 Å². The molecule has 0 bridgehead atoms. The van der Waals surface area contributed by atoms with Gasteiger partial charge in [-0.15, -0.1) is 0 Å². The van der Waals surface area contributed by atoms with E-state index in [0.717, 1.165) is 24.3 Å². The molecule has 19 heteroatoms. The molecular weight excluding hydrogens is 782 g/mol. The number of alkyl halides is 10. The highest BCUT2D eigenvalue weighted by Gasteiger charge is 2.91. The van der Waals surface area contributed by atoms with E-state index in [2.05, 4.69) is 28.4 Å². The molecule has 0 fully saturated rings. The normalized spacial score (nSPS) is 39.0. The van der Waals surface area contributed by atoms with Crippen LogP contribution in [-0.2, 0) is 38.3 Å². The van der Waals surface area contributed by atoms with Gasteiger partial charge in [0.25, 0.3) is 21.7 Å². The molecule has 55 heavy (non-hydrogen) atoms. The Balaban J connectivity index is 2.27. The Bertz CT molecular complexity index is 1810. The smallest absolute Gasteiger partial charge is 0.335 e. The van der Waals surface area contributed by atoms with Crippen LogP contribution in [0.15, 0.2) is 97.1 Å². The van der Waals surface area contributed by atoms with E-state index in [0.29, 0.717) is 26.4 Å². The van der Waals surface area contributed by atoms with Gasteiger partial charge in [-0.25, -0.2) is 43.5 Å². The highest BCUT2D eigenvalue weighted by atomic mass is 32.2. The van der Waals surface area contributed by atoms with Crippen LogP contribution in [-0.4, -0.2) is 108 Å². The summed E-state index contributed by atoms with van der Waals surface area (Å²) in [5.74, 6) is -29.4. The minimum atomic E-state index is -7.66. The molecule has 2 aliphatic rings. The van der Waals surface area contributed by atoms with Crippen LogP contribution in [0.2, 0.25) is 0 Å². The largest absolute Gasteiger partial charge is 0.342 e. The lowest BCUT2D eigenvalue weighted by atomic mass is 9.76. The predicted octanol–water partition coefficient (Wildman–Crippen LogP) is 7.59. The fourth-order valence-corrected chi connectivity index (χ4v) is 8.62. The number of benzene rings is 2. The van der Waals surface area contributed by atoms with Crippen LogP contribution in [0.3, 0.4) is 0 Å². The quantitative estimate of drug-likeness (QED) is 0.143. The average Bonchev–Trinajstić information content (AvgIpc) is 3.20. The monoisotopic (exact) mass is 818 g/mol. The molecule has 0 saturated carbocycles. The Morgan fingerprint density at radius 1 is 0.473 bits per heavy atom. The number of hydrogen-bond donors (Lipinski definition) is 0. The Morgan fingerprint density at radius 3 is 1.02 bits per heavy atom. The molecule has 0 heterocycles. The summed E-state index contributed by atoms with van der Waals surface area (Å²) in [4.78, 5) is 0.